The van der Waals surface area contributed by atoms with E-state index in [4.69, 9.17) is 0 Å². The van der Waals surface area contributed by atoms with E-state index in [0.717, 1.165) is 43.0 Å². The highest BCUT2D eigenvalue weighted by Gasteiger charge is 2.28. The Labute approximate surface area is 176 Å². The lowest BCUT2D eigenvalue weighted by Gasteiger charge is -2.26. The van der Waals surface area contributed by atoms with Crippen LogP contribution < -0.4 is 14.9 Å². The molecule has 4 rings (SSSR count). The van der Waals surface area contributed by atoms with Crippen LogP contribution in [0.3, 0.4) is 0 Å². The van der Waals surface area contributed by atoms with E-state index in [9.17, 15) is 17.6 Å². The van der Waals surface area contributed by atoms with Gasteiger partial charge < -0.3 is 5.32 Å². The number of hydrogen-bond donors (Lipinski definition) is 2. The molecule has 0 atom stereocenters. The second-order valence-electron chi connectivity index (χ2n) is 8.05. The molecule has 160 valence electrons. The number of amides is 2. The van der Waals surface area contributed by atoms with Gasteiger partial charge in [0.1, 0.15) is 5.82 Å². The molecule has 0 spiro atoms. The van der Waals surface area contributed by atoms with Gasteiger partial charge in [0.05, 0.1) is 10.6 Å². The maximum atomic E-state index is 13.7. The molecule has 1 heterocycles. The number of urea groups is 1. The number of carbonyl (C=O) groups is 1. The summed E-state index contributed by atoms with van der Waals surface area (Å²) in [5, 5.41) is 3.11. The smallest absolute Gasteiger partial charge is 0.322 e. The first kappa shape index (κ1) is 20.7. The minimum Gasteiger partial charge on any atom is -0.335 e. The Kier molecular flexibility index (Phi) is 5.69. The third kappa shape index (κ3) is 4.28. The number of benzene rings is 2. The van der Waals surface area contributed by atoms with Crippen molar-refractivity contribution >= 4 is 27.4 Å². The lowest BCUT2D eigenvalue weighted by atomic mass is 9.96. The standard InChI is InChI=1S/C22H26FN3O3S/c1-15-7-8-18(14-20(15)23)25-30(28,29)19-9-10-21-16(13-19)11-12-26(21)22(27)24-17-5-3-2-4-6-17/h7-10,13-14,17,25H,2-6,11-12H2,1H3,(H,24,27). The number of fused-ring (bicyclic) bond motifs is 1. The van der Waals surface area contributed by atoms with E-state index in [1.807, 2.05) is 0 Å². The highest BCUT2D eigenvalue weighted by atomic mass is 32.2. The highest BCUT2D eigenvalue weighted by molar-refractivity contribution is 7.92. The lowest BCUT2D eigenvalue weighted by Crippen LogP contribution is -2.45. The van der Waals surface area contributed by atoms with Crippen LogP contribution in [0.5, 0.6) is 0 Å². The number of anilines is 2. The lowest BCUT2D eigenvalue weighted by molar-refractivity contribution is 0.238. The summed E-state index contributed by atoms with van der Waals surface area (Å²) in [6, 6.07) is 9.07. The molecule has 2 aromatic rings. The van der Waals surface area contributed by atoms with E-state index in [2.05, 4.69) is 10.0 Å². The summed E-state index contributed by atoms with van der Waals surface area (Å²) in [6.07, 6.45) is 6.11. The first-order valence-electron chi connectivity index (χ1n) is 10.3. The van der Waals surface area contributed by atoms with Crippen LogP contribution in [0.25, 0.3) is 0 Å². The molecule has 1 saturated carbocycles. The van der Waals surface area contributed by atoms with Crippen molar-refractivity contribution < 1.29 is 17.6 Å². The highest BCUT2D eigenvalue weighted by Crippen LogP contribution is 2.31. The average molecular weight is 432 g/mol. The average Bonchev–Trinajstić information content (AvgIpc) is 3.15. The molecule has 0 unspecified atom stereocenters. The van der Waals surface area contributed by atoms with E-state index in [-0.39, 0.29) is 22.7 Å². The largest absolute Gasteiger partial charge is 0.335 e. The number of rotatable bonds is 4. The maximum absolute atomic E-state index is 13.7. The zero-order valence-electron chi connectivity index (χ0n) is 16.9. The number of sulfonamides is 1. The van der Waals surface area contributed by atoms with Crippen molar-refractivity contribution in [1.29, 1.82) is 0 Å². The summed E-state index contributed by atoms with van der Waals surface area (Å²) < 4.78 is 41.7. The predicted octanol–water partition coefficient (Wildman–Crippen LogP) is 4.34. The summed E-state index contributed by atoms with van der Waals surface area (Å²) >= 11 is 0. The number of halogens is 1. The molecule has 0 bridgehead atoms. The van der Waals surface area contributed by atoms with E-state index >= 15 is 0 Å². The number of carbonyl (C=O) groups excluding carboxylic acids is 1. The molecule has 1 fully saturated rings. The summed E-state index contributed by atoms with van der Waals surface area (Å²) in [5.74, 6) is -0.469. The van der Waals surface area contributed by atoms with Gasteiger partial charge >= 0.3 is 6.03 Å². The van der Waals surface area contributed by atoms with Crippen molar-refractivity contribution in [2.45, 2.75) is 56.4 Å². The van der Waals surface area contributed by atoms with Crippen LogP contribution in [0.1, 0.15) is 43.2 Å². The molecule has 2 N–H and O–H groups in total. The molecule has 0 radical (unpaired) electrons. The molecule has 6 nitrogen and oxygen atoms in total. The molecule has 0 aromatic heterocycles. The predicted molar refractivity (Wildman–Crippen MR) is 115 cm³/mol. The van der Waals surface area contributed by atoms with Crippen LogP contribution in [0, 0.1) is 12.7 Å². The normalized spacial score (nSPS) is 16.9. The Balaban J connectivity index is 1.49. The van der Waals surface area contributed by atoms with Crippen molar-refractivity contribution in [2.24, 2.45) is 0 Å². The molecular weight excluding hydrogens is 405 g/mol. The molecule has 0 saturated heterocycles. The van der Waals surface area contributed by atoms with E-state index in [0.29, 0.717) is 18.5 Å². The van der Waals surface area contributed by atoms with Gasteiger partial charge in [-0.1, -0.05) is 25.3 Å². The van der Waals surface area contributed by atoms with Crippen LogP contribution in [-0.4, -0.2) is 27.0 Å². The Morgan fingerprint density at radius 2 is 1.87 bits per heavy atom. The molecule has 1 aliphatic carbocycles. The Bertz CT molecular complexity index is 1070. The summed E-state index contributed by atoms with van der Waals surface area (Å²) in [6.45, 7) is 2.14. The molecule has 30 heavy (non-hydrogen) atoms. The van der Waals surface area contributed by atoms with Crippen molar-refractivity contribution in [1.82, 2.24) is 5.32 Å². The Morgan fingerprint density at radius 1 is 1.10 bits per heavy atom. The van der Waals surface area contributed by atoms with Gasteiger partial charge in [-0.3, -0.25) is 9.62 Å². The summed E-state index contributed by atoms with van der Waals surface area (Å²) in [5.41, 5.74) is 2.17. The van der Waals surface area contributed by atoms with Gasteiger partial charge in [-0.05, 0) is 67.6 Å². The Hall–Kier alpha value is -2.61. The van der Waals surface area contributed by atoms with Crippen molar-refractivity contribution in [3.63, 3.8) is 0 Å². The van der Waals surface area contributed by atoms with Crippen molar-refractivity contribution in [3.05, 3.63) is 53.3 Å². The molecule has 2 aromatic carbocycles. The quantitative estimate of drug-likeness (QED) is 0.756. The minimum atomic E-state index is -3.86. The van der Waals surface area contributed by atoms with Gasteiger partial charge in [-0.2, -0.15) is 0 Å². The van der Waals surface area contributed by atoms with Crippen molar-refractivity contribution in [2.75, 3.05) is 16.2 Å². The summed E-state index contributed by atoms with van der Waals surface area (Å²) in [4.78, 5) is 14.5. The van der Waals surface area contributed by atoms with Gasteiger partial charge in [0.2, 0.25) is 0 Å². The van der Waals surface area contributed by atoms with Gasteiger partial charge in [0.25, 0.3) is 10.0 Å². The maximum Gasteiger partial charge on any atom is 0.322 e. The zero-order valence-corrected chi connectivity index (χ0v) is 17.8. The number of hydrogen-bond acceptors (Lipinski definition) is 3. The van der Waals surface area contributed by atoms with Crippen molar-refractivity contribution in [3.8, 4) is 0 Å². The fraction of sp³-hybridized carbons (Fsp3) is 0.409. The van der Waals surface area contributed by atoms with Gasteiger partial charge in [-0.15, -0.1) is 0 Å². The van der Waals surface area contributed by atoms with Gasteiger partial charge in [-0.25, -0.2) is 17.6 Å². The molecule has 1 aliphatic heterocycles. The van der Waals surface area contributed by atoms with Gasteiger partial charge in [0, 0.05) is 18.3 Å². The second kappa shape index (κ2) is 8.26. The third-order valence-electron chi connectivity index (χ3n) is 5.86. The first-order chi connectivity index (χ1) is 14.3. The van der Waals surface area contributed by atoms with Crippen LogP contribution in [-0.2, 0) is 16.4 Å². The first-order valence-corrected chi connectivity index (χ1v) is 11.8. The number of aryl methyl sites for hydroxylation is 1. The molecular formula is C22H26FN3O3S. The number of nitrogens with zero attached hydrogens (tertiary/aromatic N) is 1. The van der Waals surface area contributed by atoms with Crippen LogP contribution >= 0.6 is 0 Å². The summed E-state index contributed by atoms with van der Waals surface area (Å²) in [7, 11) is -3.86. The molecule has 8 heteroatoms. The third-order valence-corrected chi connectivity index (χ3v) is 7.24. The zero-order chi connectivity index (χ0) is 21.3. The van der Waals surface area contributed by atoms with E-state index < -0.39 is 15.8 Å². The topological polar surface area (TPSA) is 78.5 Å². The van der Waals surface area contributed by atoms with Gasteiger partial charge in [0.15, 0.2) is 0 Å². The van der Waals surface area contributed by atoms with Crippen LogP contribution in [0.4, 0.5) is 20.6 Å². The molecule has 2 aliphatic rings. The molecule has 2 amide bonds. The van der Waals surface area contributed by atoms with E-state index in [1.165, 1.54) is 24.6 Å². The minimum absolute atomic E-state index is 0.0942. The SMILES string of the molecule is Cc1ccc(NS(=O)(=O)c2ccc3c(c2)CCN3C(=O)NC2CCCCC2)cc1F. The Morgan fingerprint density at radius 3 is 2.60 bits per heavy atom. The van der Waals surface area contributed by atoms with Crippen LogP contribution in [0.15, 0.2) is 41.3 Å². The number of nitrogens with one attached hydrogen (secondary N) is 2. The fourth-order valence-electron chi connectivity index (χ4n) is 4.13. The van der Waals surface area contributed by atoms with E-state index in [1.54, 1.807) is 24.0 Å². The van der Waals surface area contributed by atoms with Crippen LogP contribution in [0.2, 0.25) is 0 Å². The monoisotopic (exact) mass is 431 g/mol. The second-order valence-corrected chi connectivity index (χ2v) is 9.73. The fourth-order valence-corrected chi connectivity index (χ4v) is 5.23.